The molecule has 1 amide bonds. The van der Waals surface area contributed by atoms with E-state index in [1.54, 1.807) is 0 Å². The third-order valence-electron chi connectivity index (χ3n) is 5.67. The lowest BCUT2D eigenvalue weighted by atomic mass is 10.1. The second-order valence-corrected chi connectivity index (χ2v) is 8.74. The molecule has 0 aliphatic rings. The van der Waals surface area contributed by atoms with Gasteiger partial charge in [0.2, 0.25) is 5.96 Å². The normalized spacial score (nSPS) is 11.5. The van der Waals surface area contributed by atoms with Crippen molar-refractivity contribution in [2.24, 2.45) is 4.99 Å². The standard InChI is InChI=1S/C28H31N5O/c1-19-14-20(2)16-23(15-19)31-28(32-27(34)21-8-7-9-24(17-21)33(3)4)29-13-12-22-18-30-26-11-6-5-10-25(22)26/h5-11,14-18,30H,12-13H2,1-4H3,(H2,29,31,32,34). The van der Waals surface area contributed by atoms with Gasteiger partial charge < -0.3 is 15.2 Å². The molecule has 6 nitrogen and oxygen atoms in total. The van der Waals surface area contributed by atoms with Crippen LogP contribution in [0.2, 0.25) is 0 Å². The van der Waals surface area contributed by atoms with Crippen molar-refractivity contribution < 1.29 is 4.79 Å². The number of fused-ring (bicyclic) bond motifs is 1. The van der Waals surface area contributed by atoms with Gasteiger partial charge in [0.05, 0.1) is 0 Å². The Morgan fingerprint density at radius 3 is 2.50 bits per heavy atom. The van der Waals surface area contributed by atoms with Crippen molar-refractivity contribution in [2.75, 3.05) is 30.9 Å². The molecule has 0 atom stereocenters. The van der Waals surface area contributed by atoms with Gasteiger partial charge in [-0.2, -0.15) is 0 Å². The van der Waals surface area contributed by atoms with E-state index in [-0.39, 0.29) is 5.91 Å². The number of carbonyl (C=O) groups excluding carboxylic acids is 1. The van der Waals surface area contributed by atoms with E-state index >= 15 is 0 Å². The van der Waals surface area contributed by atoms with Crippen LogP contribution in [0.4, 0.5) is 11.4 Å². The molecule has 0 saturated carbocycles. The third kappa shape index (κ3) is 5.64. The van der Waals surface area contributed by atoms with Gasteiger partial charge in [-0.3, -0.25) is 15.1 Å². The maximum Gasteiger partial charge on any atom is 0.258 e. The summed E-state index contributed by atoms with van der Waals surface area (Å²) in [4.78, 5) is 23.1. The molecule has 3 aromatic carbocycles. The number of aromatic amines is 1. The number of guanidine groups is 1. The van der Waals surface area contributed by atoms with E-state index in [0.717, 1.165) is 34.4 Å². The predicted molar refractivity (Wildman–Crippen MR) is 142 cm³/mol. The maximum atomic E-state index is 13.1. The fourth-order valence-electron chi connectivity index (χ4n) is 4.03. The molecule has 1 aromatic heterocycles. The zero-order valence-electron chi connectivity index (χ0n) is 20.1. The molecule has 0 unspecified atom stereocenters. The number of benzene rings is 3. The zero-order valence-corrected chi connectivity index (χ0v) is 20.1. The number of amides is 1. The number of aryl methyl sites for hydroxylation is 2. The first-order valence-corrected chi connectivity index (χ1v) is 11.4. The molecule has 0 aliphatic carbocycles. The fourth-order valence-corrected chi connectivity index (χ4v) is 4.03. The maximum absolute atomic E-state index is 13.1. The molecular formula is C28H31N5O. The van der Waals surface area contributed by atoms with Crippen LogP contribution in [0.15, 0.2) is 77.9 Å². The fraction of sp³-hybridized carbons (Fsp3) is 0.214. The molecule has 0 fully saturated rings. The van der Waals surface area contributed by atoms with Gasteiger partial charge in [-0.1, -0.05) is 30.3 Å². The topological polar surface area (TPSA) is 72.5 Å². The van der Waals surface area contributed by atoms with Crippen molar-refractivity contribution in [3.05, 3.63) is 95.2 Å². The highest BCUT2D eigenvalue weighted by Gasteiger charge is 2.11. The summed E-state index contributed by atoms with van der Waals surface area (Å²) in [6.07, 6.45) is 2.79. The molecule has 34 heavy (non-hydrogen) atoms. The molecule has 4 rings (SSSR count). The van der Waals surface area contributed by atoms with Crippen LogP contribution < -0.4 is 15.5 Å². The van der Waals surface area contributed by atoms with E-state index in [1.165, 1.54) is 10.9 Å². The number of aromatic nitrogens is 1. The minimum atomic E-state index is -0.202. The van der Waals surface area contributed by atoms with Crippen LogP contribution in [0.25, 0.3) is 10.9 Å². The van der Waals surface area contributed by atoms with Gasteiger partial charge in [-0.15, -0.1) is 0 Å². The molecule has 0 bridgehead atoms. The Balaban J connectivity index is 1.55. The number of nitrogens with zero attached hydrogens (tertiary/aromatic N) is 2. The average Bonchev–Trinajstić information content (AvgIpc) is 3.21. The highest BCUT2D eigenvalue weighted by Crippen LogP contribution is 2.18. The third-order valence-corrected chi connectivity index (χ3v) is 5.67. The van der Waals surface area contributed by atoms with E-state index < -0.39 is 0 Å². The summed E-state index contributed by atoms with van der Waals surface area (Å²) in [5.74, 6) is 0.233. The summed E-state index contributed by atoms with van der Waals surface area (Å²) >= 11 is 0. The van der Waals surface area contributed by atoms with Gasteiger partial charge in [-0.05, 0) is 73.4 Å². The molecule has 0 radical (unpaired) electrons. The summed E-state index contributed by atoms with van der Waals surface area (Å²) in [5, 5.41) is 7.49. The van der Waals surface area contributed by atoms with Crippen LogP contribution in [0.5, 0.6) is 0 Å². The molecule has 4 aromatic rings. The van der Waals surface area contributed by atoms with Crippen molar-refractivity contribution in [3.8, 4) is 0 Å². The zero-order chi connectivity index (χ0) is 24.1. The summed E-state index contributed by atoms with van der Waals surface area (Å²) < 4.78 is 0. The van der Waals surface area contributed by atoms with Crippen molar-refractivity contribution >= 4 is 34.1 Å². The first-order valence-electron chi connectivity index (χ1n) is 11.4. The van der Waals surface area contributed by atoms with Gasteiger partial charge in [0.25, 0.3) is 5.91 Å². The summed E-state index contributed by atoms with van der Waals surface area (Å²) in [6, 6.07) is 22.0. The summed E-state index contributed by atoms with van der Waals surface area (Å²) in [5.41, 5.74) is 7.05. The number of rotatable bonds is 6. The smallest absolute Gasteiger partial charge is 0.258 e. The van der Waals surface area contributed by atoms with Gasteiger partial charge in [0.15, 0.2) is 0 Å². The second kappa shape index (κ2) is 10.3. The summed E-state index contributed by atoms with van der Waals surface area (Å²) in [6.45, 7) is 4.64. The lowest BCUT2D eigenvalue weighted by molar-refractivity contribution is 0.0977. The van der Waals surface area contributed by atoms with E-state index in [0.29, 0.717) is 18.1 Å². The second-order valence-electron chi connectivity index (χ2n) is 8.74. The van der Waals surface area contributed by atoms with E-state index in [2.05, 4.69) is 47.7 Å². The van der Waals surface area contributed by atoms with Crippen LogP contribution >= 0.6 is 0 Å². The Kier molecular flexibility index (Phi) is 6.97. The Labute approximate surface area is 200 Å². The van der Waals surface area contributed by atoms with E-state index in [9.17, 15) is 4.79 Å². The predicted octanol–water partition coefficient (Wildman–Crippen LogP) is 5.29. The molecule has 174 valence electrons. The average molecular weight is 454 g/mol. The summed E-state index contributed by atoms with van der Waals surface area (Å²) in [7, 11) is 3.91. The number of nitrogens with one attached hydrogen (secondary N) is 3. The lowest BCUT2D eigenvalue weighted by Gasteiger charge is -2.15. The van der Waals surface area contributed by atoms with Crippen LogP contribution in [0, 0.1) is 13.8 Å². The van der Waals surface area contributed by atoms with Crippen LogP contribution in [-0.2, 0) is 6.42 Å². The molecule has 0 saturated heterocycles. The lowest BCUT2D eigenvalue weighted by Crippen LogP contribution is -2.36. The van der Waals surface area contributed by atoms with Crippen molar-refractivity contribution in [1.29, 1.82) is 0 Å². The van der Waals surface area contributed by atoms with Crippen molar-refractivity contribution in [2.45, 2.75) is 20.3 Å². The SMILES string of the molecule is Cc1cc(C)cc(NC(=NCCc2c[nH]c3ccccc23)NC(=O)c2cccc(N(C)C)c2)c1. The molecule has 6 heteroatoms. The number of aliphatic imine (C=N–C) groups is 1. The van der Waals surface area contributed by atoms with Crippen molar-refractivity contribution in [1.82, 2.24) is 10.3 Å². The molecule has 3 N–H and O–H groups in total. The van der Waals surface area contributed by atoms with Gasteiger partial charge in [0.1, 0.15) is 0 Å². The van der Waals surface area contributed by atoms with E-state index in [4.69, 9.17) is 4.99 Å². The quantitative estimate of drug-likeness (QED) is 0.274. The van der Waals surface area contributed by atoms with Gasteiger partial charge in [0, 0.05) is 54.7 Å². The van der Waals surface area contributed by atoms with Gasteiger partial charge >= 0.3 is 0 Å². The van der Waals surface area contributed by atoms with Crippen LogP contribution in [-0.4, -0.2) is 37.5 Å². The van der Waals surface area contributed by atoms with Crippen molar-refractivity contribution in [3.63, 3.8) is 0 Å². The molecule has 0 aliphatic heterocycles. The minimum absolute atomic E-state index is 0.202. The largest absolute Gasteiger partial charge is 0.378 e. The Morgan fingerprint density at radius 2 is 1.74 bits per heavy atom. The molecule has 1 heterocycles. The highest BCUT2D eigenvalue weighted by molar-refractivity contribution is 6.10. The number of hydrogen-bond donors (Lipinski definition) is 3. The number of anilines is 2. The van der Waals surface area contributed by atoms with E-state index in [1.807, 2.05) is 73.7 Å². The number of carbonyl (C=O) groups is 1. The van der Waals surface area contributed by atoms with Crippen LogP contribution in [0.1, 0.15) is 27.0 Å². The minimum Gasteiger partial charge on any atom is -0.378 e. The molecule has 0 spiro atoms. The molecular weight excluding hydrogens is 422 g/mol. The first kappa shape index (κ1) is 23.1. The first-order chi connectivity index (χ1) is 16.4. The van der Waals surface area contributed by atoms with Gasteiger partial charge in [-0.25, -0.2) is 0 Å². The van der Waals surface area contributed by atoms with Crippen LogP contribution in [0.3, 0.4) is 0 Å². The Hall–Kier alpha value is -4.06. The Morgan fingerprint density at radius 1 is 0.971 bits per heavy atom. The Bertz CT molecular complexity index is 1320. The highest BCUT2D eigenvalue weighted by atomic mass is 16.1. The monoisotopic (exact) mass is 453 g/mol. The number of para-hydroxylation sites is 1. The number of H-pyrrole nitrogens is 1. The number of hydrogen-bond acceptors (Lipinski definition) is 3.